The van der Waals surface area contributed by atoms with E-state index >= 15 is 0 Å². The molecule has 0 amide bonds. The van der Waals surface area contributed by atoms with Gasteiger partial charge in [0.1, 0.15) is 0 Å². The molecule has 3 nitrogen and oxygen atoms in total. The number of hydrogen-bond acceptors (Lipinski definition) is 4. The molecule has 2 unspecified atom stereocenters. The molecule has 1 aliphatic heterocycles. The first-order valence-electron chi connectivity index (χ1n) is 4.14. The summed E-state index contributed by atoms with van der Waals surface area (Å²) in [5, 5.41) is 0.301. The Morgan fingerprint density at radius 2 is 2.54 bits per heavy atom. The number of nitrogens with zero attached hydrogens (tertiary/aromatic N) is 1. The molecule has 2 N–H and O–H groups in total. The molecule has 2 atom stereocenters. The number of Topliss-reactive ketones (excluding diaryl/α,β-unsaturated/α-hetero) is 1. The fourth-order valence-electron chi connectivity index (χ4n) is 1.51. The molecule has 13 heavy (non-hydrogen) atoms. The van der Waals surface area contributed by atoms with E-state index < -0.39 is 0 Å². The number of nitrogens with two attached hydrogens (primary N) is 1. The van der Waals surface area contributed by atoms with Gasteiger partial charge in [-0.05, 0) is 11.9 Å². The number of hydrogen-bond donors (Lipinski definition) is 1. The van der Waals surface area contributed by atoms with E-state index in [4.69, 9.17) is 5.73 Å². The van der Waals surface area contributed by atoms with E-state index in [1.165, 1.54) is 11.9 Å². The molecule has 4 heteroatoms. The Kier molecular flexibility index (Phi) is 2.33. The fraction of sp³-hybridized carbons (Fsp3) is 0.333. The first kappa shape index (κ1) is 8.72. The minimum Gasteiger partial charge on any atom is -0.324 e. The maximum Gasteiger partial charge on any atom is 0.173 e. The van der Waals surface area contributed by atoms with Crippen molar-refractivity contribution in [1.82, 2.24) is 0 Å². The van der Waals surface area contributed by atoms with E-state index in [0.29, 0.717) is 5.25 Å². The summed E-state index contributed by atoms with van der Waals surface area (Å²) in [6, 6.07) is 0. The molecule has 0 aromatic carbocycles. The minimum atomic E-state index is 0.0216. The molecule has 2 rings (SSSR count). The molecular weight excluding hydrogens is 184 g/mol. The fourth-order valence-corrected chi connectivity index (χ4v) is 2.36. The van der Waals surface area contributed by atoms with Crippen LogP contribution in [0.15, 0.2) is 28.2 Å². The van der Waals surface area contributed by atoms with Crippen molar-refractivity contribution in [3.63, 3.8) is 0 Å². The van der Waals surface area contributed by atoms with Crippen LogP contribution in [0, 0.1) is 5.92 Å². The highest BCUT2D eigenvalue weighted by molar-refractivity contribution is 7.99. The number of carbonyl (C=O) groups is 1. The predicted octanol–water partition coefficient (Wildman–Crippen LogP) is 0.728. The Hall–Kier alpha value is -0.870. The van der Waals surface area contributed by atoms with E-state index in [1.54, 1.807) is 0 Å². The molecule has 0 saturated carbocycles. The third-order valence-corrected chi connectivity index (χ3v) is 3.14. The summed E-state index contributed by atoms with van der Waals surface area (Å²) in [5.41, 5.74) is 6.12. The van der Waals surface area contributed by atoms with Crippen LogP contribution in [0.3, 0.4) is 0 Å². The predicted molar refractivity (Wildman–Crippen MR) is 54.6 cm³/mol. The average Bonchev–Trinajstić information content (AvgIpc) is 2.63. The third kappa shape index (κ3) is 1.47. The lowest BCUT2D eigenvalue weighted by Gasteiger charge is -2.18. The summed E-state index contributed by atoms with van der Waals surface area (Å²) in [6.45, 7) is 0.0847. The lowest BCUT2D eigenvalue weighted by atomic mass is 9.89. The summed E-state index contributed by atoms with van der Waals surface area (Å²) in [5.74, 6) is 0.166. The molecule has 1 aliphatic carbocycles. The Morgan fingerprint density at radius 1 is 1.69 bits per heavy atom. The van der Waals surface area contributed by atoms with Crippen molar-refractivity contribution in [3.05, 3.63) is 23.8 Å². The number of ketones is 1. The van der Waals surface area contributed by atoms with Crippen molar-refractivity contribution < 1.29 is 4.79 Å². The zero-order chi connectivity index (χ0) is 9.26. The van der Waals surface area contributed by atoms with Gasteiger partial charge in [-0.2, -0.15) is 0 Å². The van der Waals surface area contributed by atoms with Gasteiger partial charge in [0.25, 0.3) is 0 Å². The highest BCUT2D eigenvalue weighted by Crippen LogP contribution is 2.34. The quantitative estimate of drug-likeness (QED) is 0.659. The third-order valence-electron chi connectivity index (χ3n) is 2.20. The second kappa shape index (κ2) is 3.47. The number of carbonyl (C=O) groups excluding carboxylic acids is 1. The van der Waals surface area contributed by atoms with Crippen LogP contribution in [0.1, 0.15) is 0 Å². The molecule has 0 bridgehead atoms. The summed E-state index contributed by atoms with van der Waals surface area (Å²) in [6.07, 6.45) is 7.65. The minimum absolute atomic E-state index is 0.0216. The normalized spacial score (nSPS) is 30.1. The number of rotatable bonds is 2. The lowest BCUT2D eigenvalue weighted by molar-refractivity contribution is -0.114. The van der Waals surface area contributed by atoms with E-state index in [0.717, 1.165) is 5.57 Å². The first-order valence-corrected chi connectivity index (χ1v) is 4.97. The molecular formula is C9H10N2OS. The Labute approximate surface area is 80.9 Å². The summed E-state index contributed by atoms with van der Waals surface area (Å²) in [7, 11) is 0. The SMILES string of the molecule is NCC(=O)C1=CC=CC2SN=CC12. The lowest BCUT2D eigenvalue weighted by Crippen LogP contribution is -2.26. The first-order chi connectivity index (χ1) is 6.33. The standard InChI is InChI=1S/C9H10N2OS/c10-4-8(12)6-2-1-3-9-7(6)5-11-13-9/h1-3,5,7,9H,4,10H2. The van der Waals surface area contributed by atoms with E-state index in [1.807, 2.05) is 18.4 Å². The van der Waals surface area contributed by atoms with Crippen molar-refractivity contribution in [1.29, 1.82) is 0 Å². The van der Waals surface area contributed by atoms with Gasteiger partial charge >= 0.3 is 0 Å². The topological polar surface area (TPSA) is 55.5 Å². The average molecular weight is 194 g/mol. The van der Waals surface area contributed by atoms with Crippen LogP contribution in [0.4, 0.5) is 0 Å². The Bertz CT molecular complexity index is 320. The van der Waals surface area contributed by atoms with Gasteiger partial charge in [0, 0.05) is 17.7 Å². The second-order valence-electron chi connectivity index (χ2n) is 2.98. The van der Waals surface area contributed by atoms with Crippen LogP contribution in [-0.4, -0.2) is 23.8 Å². The van der Waals surface area contributed by atoms with Gasteiger partial charge in [0.2, 0.25) is 0 Å². The zero-order valence-corrected chi connectivity index (χ0v) is 7.83. The molecule has 1 heterocycles. The van der Waals surface area contributed by atoms with Crippen LogP contribution in [0.25, 0.3) is 0 Å². The van der Waals surface area contributed by atoms with Crippen molar-refractivity contribution in [2.24, 2.45) is 16.0 Å². The van der Waals surface area contributed by atoms with Crippen LogP contribution in [0.2, 0.25) is 0 Å². The van der Waals surface area contributed by atoms with E-state index in [-0.39, 0.29) is 18.2 Å². The molecule has 2 aliphatic rings. The van der Waals surface area contributed by atoms with Gasteiger partial charge in [-0.15, -0.1) is 0 Å². The zero-order valence-electron chi connectivity index (χ0n) is 7.01. The summed E-state index contributed by atoms with van der Waals surface area (Å²) < 4.78 is 4.10. The van der Waals surface area contributed by atoms with Gasteiger partial charge in [0.05, 0.1) is 11.8 Å². The van der Waals surface area contributed by atoms with Crippen molar-refractivity contribution >= 4 is 23.9 Å². The van der Waals surface area contributed by atoms with Gasteiger partial charge < -0.3 is 5.73 Å². The molecule has 0 aromatic rings. The molecule has 0 aromatic heterocycles. The molecule has 68 valence electrons. The van der Waals surface area contributed by atoms with Crippen molar-refractivity contribution in [3.8, 4) is 0 Å². The van der Waals surface area contributed by atoms with E-state index in [2.05, 4.69) is 10.5 Å². The van der Waals surface area contributed by atoms with Gasteiger partial charge in [-0.3, -0.25) is 4.79 Å². The summed E-state index contributed by atoms with van der Waals surface area (Å²) in [4.78, 5) is 11.4. The largest absolute Gasteiger partial charge is 0.324 e. The van der Waals surface area contributed by atoms with Crippen LogP contribution in [-0.2, 0) is 4.79 Å². The van der Waals surface area contributed by atoms with Crippen LogP contribution >= 0.6 is 11.9 Å². The van der Waals surface area contributed by atoms with Crippen LogP contribution in [0.5, 0.6) is 0 Å². The van der Waals surface area contributed by atoms with Gasteiger partial charge in [-0.1, -0.05) is 18.2 Å². The number of allylic oxidation sites excluding steroid dienone is 2. The monoisotopic (exact) mass is 194 g/mol. The molecule has 0 radical (unpaired) electrons. The summed E-state index contributed by atoms with van der Waals surface area (Å²) >= 11 is 1.51. The smallest absolute Gasteiger partial charge is 0.173 e. The van der Waals surface area contributed by atoms with Crippen LogP contribution < -0.4 is 5.73 Å². The maximum absolute atomic E-state index is 11.4. The highest BCUT2D eigenvalue weighted by Gasteiger charge is 2.30. The van der Waals surface area contributed by atoms with Crippen molar-refractivity contribution in [2.75, 3.05) is 6.54 Å². The molecule has 0 spiro atoms. The van der Waals surface area contributed by atoms with E-state index in [9.17, 15) is 4.79 Å². The molecule has 0 saturated heterocycles. The Morgan fingerprint density at radius 3 is 3.31 bits per heavy atom. The Balaban J connectivity index is 2.26. The maximum atomic E-state index is 11.4. The van der Waals surface area contributed by atoms with Gasteiger partial charge in [0.15, 0.2) is 5.78 Å². The number of fused-ring (bicyclic) bond motifs is 1. The highest BCUT2D eigenvalue weighted by atomic mass is 32.2. The molecule has 0 fully saturated rings. The second-order valence-corrected chi connectivity index (χ2v) is 3.95. The van der Waals surface area contributed by atoms with Crippen molar-refractivity contribution in [2.45, 2.75) is 5.25 Å². The van der Waals surface area contributed by atoms with Gasteiger partial charge in [-0.25, -0.2) is 4.40 Å².